The van der Waals surface area contributed by atoms with Crippen molar-refractivity contribution in [1.29, 1.82) is 0 Å². The molecule has 0 radical (unpaired) electrons. The number of aromatic nitrogens is 3. The number of hydrogen-bond donors (Lipinski definition) is 2. The highest BCUT2D eigenvalue weighted by atomic mass is 127. The zero-order chi connectivity index (χ0) is 23.0. The second kappa shape index (κ2) is 13.8. The molecule has 0 aromatic carbocycles. The van der Waals surface area contributed by atoms with E-state index in [-0.39, 0.29) is 35.5 Å². The number of aryl methyl sites for hydroxylation is 1. The van der Waals surface area contributed by atoms with E-state index in [0.717, 1.165) is 83.0 Å². The van der Waals surface area contributed by atoms with Gasteiger partial charge in [0.15, 0.2) is 11.8 Å². The molecule has 0 saturated carbocycles. The van der Waals surface area contributed by atoms with Gasteiger partial charge in [-0.2, -0.15) is 0 Å². The van der Waals surface area contributed by atoms with Crippen LogP contribution in [0, 0.1) is 18.3 Å². The Hall–Kier alpha value is -0.980. The molecular formula is C23H44IN7O2. The van der Waals surface area contributed by atoms with E-state index >= 15 is 0 Å². The Morgan fingerprint density at radius 1 is 1.15 bits per heavy atom. The van der Waals surface area contributed by atoms with E-state index < -0.39 is 0 Å². The highest BCUT2D eigenvalue weighted by Gasteiger charge is 2.35. The second-order valence-electron chi connectivity index (χ2n) is 10.1. The summed E-state index contributed by atoms with van der Waals surface area (Å²) in [5.74, 6) is 3.08. The zero-order valence-electron chi connectivity index (χ0n) is 21.1. The minimum Gasteiger partial charge on any atom is -0.379 e. The van der Waals surface area contributed by atoms with Gasteiger partial charge in [-0.1, -0.05) is 20.8 Å². The molecule has 0 amide bonds. The van der Waals surface area contributed by atoms with Gasteiger partial charge in [-0.05, 0) is 38.1 Å². The third-order valence-electron chi connectivity index (χ3n) is 6.44. The van der Waals surface area contributed by atoms with Crippen LogP contribution in [0.1, 0.15) is 51.7 Å². The highest BCUT2D eigenvalue weighted by Crippen LogP contribution is 2.33. The zero-order valence-corrected chi connectivity index (χ0v) is 23.4. The fraction of sp³-hybridized carbons (Fsp3) is 0.870. The van der Waals surface area contributed by atoms with Crippen LogP contribution in [0.3, 0.4) is 0 Å². The molecule has 0 bridgehead atoms. The van der Waals surface area contributed by atoms with Crippen LogP contribution in [0.25, 0.3) is 0 Å². The summed E-state index contributed by atoms with van der Waals surface area (Å²) in [5, 5.41) is 15.5. The summed E-state index contributed by atoms with van der Waals surface area (Å²) in [5.41, 5.74) is 0.131. The van der Waals surface area contributed by atoms with Crippen molar-refractivity contribution in [1.82, 2.24) is 30.3 Å². The lowest BCUT2D eigenvalue weighted by molar-refractivity contribution is -0.0835. The third-order valence-corrected chi connectivity index (χ3v) is 6.44. The Morgan fingerprint density at radius 3 is 2.58 bits per heavy atom. The molecule has 2 aliphatic heterocycles. The smallest absolute Gasteiger partial charge is 0.191 e. The molecular weight excluding hydrogens is 533 g/mol. The van der Waals surface area contributed by atoms with Crippen molar-refractivity contribution >= 4 is 29.9 Å². The van der Waals surface area contributed by atoms with Crippen LogP contribution in [0.15, 0.2) is 4.99 Å². The predicted molar refractivity (Wildman–Crippen MR) is 142 cm³/mol. The molecule has 2 atom stereocenters. The minimum absolute atomic E-state index is 0. The van der Waals surface area contributed by atoms with Gasteiger partial charge in [0, 0.05) is 45.8 Å². The molecule has 2 saturated heterocycles. The first kappa shape index (κ1) is 28.3. The Bertz CT molecular complexity index is 729. The molecule has 2 aliphatic rings. The van der Waals surface area contributed by atoms with Crippen molar-refractivity contribution < 1.29 is 9.47 Å². The first-order valence-corrected chi connectivity index (χ1v) is 12.1. The average Bonchev–Trinajstić information content (AvgIpc) is 3.10. The Balaban J connectivity index is 0.00000385. The number of ether oxygens (including phenoxy) is 2. The van der Waals surface area contributed by atoms with Gasteiger partial charge >= 0.3 is 0 Å². The van der Waals surface area contributed by atoms with E-state index in [9.17, 15) is 0 Å². The molecule has 33 heavy (non-hydrogen) atoms. The fourth-order valence-electron chi connectivity index (χ4n) is 4.48. The number of halogens is 1. The van der Waals surface area contributed by atoms with Crippen molar-refractivity contribution in [2.45, 2.75) is 59.6 Å². The lowest BCUT2D eigenvalue weighted by Gasteiger charge is -2.40. The summed E-state index contributed by atoms with van der Waals surface area (Å²) in [7, 11) is 1.98. The largest absolute Gasteiger partial charge is 0.379 e. The summed E-state index contributed by atoms with van der Waals surface area (Å²) >= 11 is 0. The molecule has 190 valence electrons. The monoisotopic (exact) mass is 577 g/mol. The van der Waals surface area contributed by atoms with Crippen molar-refractivity contribution in [3.63, 3.8) is 0 Å². The van der Waals surface area contributed by atoms with Crippen molar-refractivity contribution in [2.75, 3.05) is 52.5 Å². The maximum atomic E-state index is 6.16. The van der Waals surface area contributed by atoms with Crippen LogP contribution < -0.4 is 10.6 Å². The lowest BCUT2D eigenvalue weighted by Crippen LogP contribution is -2.48. The Labute approximate surface area is 216 Å². The number of hydrogen-bond acceptors (Lipinski definition) is 6. The molecule has 0 spiro atoms. The van der Waals surface area contributed by atoms with Crippen LogP contribution in [-0.4, -0.2) is 84.3 Å². The summed E-state index contributed by atoms with van der Waals surface area (Å²) in [6.45, 7) is 16.7. The quantitative estimate of drug-likeness (QED) is 0.212. The number of guanidine groups is 1. The van der Waals surface area contributed by atoms with Crippen LogP contribution >= 0.6 is 24.0 Å². The van der Waals surface area contributed by atoms with Crippen LogP contribution in [0.4, 0.5) is 0 Å². The molecule has 10 heteroatoms. The molecule has 2 fully saturated rings. The number of rotatable bonds is 8. The SMILES string of the molecule is Cc1nnc(CN=C(NCCCN2CCOCC2)NCC2CCCOC2C(C)(C)C)n1C.I. The van der Waals surface area contributed by atoms with E-state index in [1.165, 1.54) is 6.42 Å². The van der Waals surface area contributed by atoms with Crippen LogP contribution in [0.5, 0.6) is 0 Å². The normalized spacial score (nSPS) is 22.6. The van der Waals surface area contributed by atoms with E-state index in [2.05, 4.69) is 46.5 Å². The number of aliphatic imine (C=N–C) groups is 1. The van der Waals surface area contributed by atoms with Gasteiger partial charge in [-0.15, -0.1) is 34.2 Å². The third kappa shape index (κ3) is 8.95. The number of nitrogens with zero attached hydrogens (tertiary/aromatic N) is 5. The summed E-state index contributed by atoms with van der Waals surface area (Å²) in [6, 6.07) is 0. The van der Waals surface area contributed by atoms with E-state index in [1.54, 1.807) is 0 Å². The lowest BCUT2D eigenvalue weighted by atomic mass is 9.78. The number of morpholine rings is 1. The molecule has 0 aliphatic carbocycles. The van der Waals surface area contributed by atoms with Gasteiger partial charge in [-0.3, -0.25) is 4.90 Å². The van der Waals surface area contributed by atoms with Gasteiger partial charge < -0.3 is 24.7 Å². The summed E-state index contributed by atoms with van der Waals surface area (Å²) in [4.78, 5) is 7.28. The van der Waals surface area contributed by atoms with Gasteiger partial charge in [0.2, 0.25) is 0 Å². The van der Waals surface area contributed by atoms with Gasteiger partial charge in [-0.25, -0.2) is 4.99 Å². The van der Waals surface area contributed by atoms with Crippen molar-refractivity contribution in [2.24, 2.45) is 23.4 Å². The van der Waals surface area contributed by atoms with E-state index in [0.29, 0.717) is 12.5 Å². The van der Waals surface area contributed by atoms with Crippen LogP contribution in [0.2, 0.25) is 0 Å². The summed E-state index contributed by atoms with van der Waals surface area (Å²) < 4.78 is 13.6. The van der Waals surface area contributed by atoms with Crippen LogP contribution in [-0.2, 0) is 23.1 Å². The molecule has 2 unspecified atom stereocenters. The van der Waals surface area contributed by atoms with E-state index in [1.807, 2.05) is 18.5 Å². The number of nitrogens with one attached hydrogen (secondary N) is 2. The van der Waals surface area contributed by atoms with Gasteiger partial charge in [0.1, 0.15) is 12.4 Å². The van der Waals surface area contributed by atoms with Gasteiger partial charge in [0.05, 0.1) is 19.3 Å². The Morgan fingerprint density at radius 2 is 1.91 bits per heavy atom. The standard InChI is InChI=1S/C23H43N7O2.HI/c1-18-27-28-20(29(18)5)17-26-22(24-9-7-10-30-11-14-31-15-12-30)25-16-19-8-6-13-32-21(19)23(2,3)4;/h19,21H,6-17H2,1-5H3,(H2,24,25,26);1H. The summed E-state index contributed by atoms with van der Waals surface area (Å²) in [6.07, 6.45) is 3.63. The molecule has 1 aromatic heterocycles. The maximum absolute atomic E-state index is 6.16. The Kier molecular flexibility index (Phi) is 11.8. The first-order chi connectivity index (χ1) is 15.3. The van der Waals surface area contributed by atoms with Gasteiger partial charge in [0.25, 0.3) is 0 Å². The molecule has 3 heterocycles. The van der Waals surface area contributed by atoms with Crippen molar-refractivity contribution in [3.05, 3.63) is 11.6 Å². The topological polar surface area (TPSA) is 88.8 Å². The second-order valence-corrected chi connectivity index (χ2v) is 10.1. The van der Waals surface area contributed by atoms with E-state index in [4.69, 9.17) is 14.5 Å². The first-order valence-electron chi connectivity index (χ1n) is 12.1. The molecule has 3 rings (SSSR count). The maximum Gasteiger partial charge on any atom is 0.191 e. The van der Waals surface area contributed by atoms with Crippen molar-refractivity contribution in [3.8, 4) is 0 Å². The predicted octanol–water partition coefficient (Wildman–Crippen LogP) is 2.34. The minimum atomic E-state index is 0. The average molecular weight is 578 g/mol. The molecule has 1 aromatic rings. The fourth-order valence-corrected chi connectivity index (χ4v) is 4.48. The molecule has 2 N–H and O–H groups in total. The molecule has 9 nitrogen and oxygen atoms in total. The highest BCUT2D eigenvalue weighted by molar-refractivity contribution is 14.0.